The molecule has 3 aliphatic rings. The van der Waals surface area contributed by atoms with Gasteiger partial charge in [-0.05, 0) is 76.9 Å². The number of fused-ring (bicyclic) bond motifs is 2. The number of carbonyl (C=O) groups is 1. The number of rotatable bonds is 0. The van der Waals surface area contributed by atoms with E-state index < -0.39 is 17.3 Å². The molecule has 0 saturated carbocycles. The van der Waals surface area contributed by atoms with Crippen LogP contribution in [0.5, 0.6) is 0 Å². The summed E-state index contributed by atoms with van der Waals surface area (Å²) in [5.41, 5.74) is 4.20. The summed E-state index contributed by atoms with van der Waals surface area (Å²) in [5, 5.41) is 10.7. The lowest BCUT2D eigenvalue weighted by Crippen LogP contribution is -2.35. The van der Waals surface area contributed by atoms with Crippen LogP contribution in [-0.4, -0.2) is 29.4 Å². The van der Waals surface area contributed by atoms with Crippen molar-refractivity contribution in [3.63, 3.8) is 0 Å². The average molecular weight is 429 g/mol. The number of ether oxygens (including phenoxy) is 2. The van der Waals surface area contributed by atoms with Gasteiger partial charge in [0.25, 0.3) is 0 Å². The van der Waals surface area contributed by atoms with Gasteiger partial charge in [-0.25, -0.2) is 0 Å². The maximum atomic E-state index is 13.7. The first-order chi connectivity index (χ1) is 14.5. The molecule has 0 aromatic heterocycles. The van der Waals surface area contributed by atoms with Gasteiger partial charge in [-0.15, -0.1) is 0 Å². The Morgan fingerprint density at radius 3 is 2.45 bits per heavy atom. The summed E-state index contributed by atoms with van der Waals surface area (Å²) in [7, 11) is 0. The lowest BCUT2D eigenvalue weighted by atomic mass is 9.71. The summed E-state index contributed by atoms with van der Waals surface area (Å²) < 4.78 is 12.0. The number of hydrogen-bond donors (Lipinski definition) is 1. The highest BCUT2D eigenvalue weighted by molar-refractivity contribution is 6.02. The van der Waals surface area contributed by atoms with E-state index in [4.69, 9.17) is 9.47 Å². The van der Waals surface area contributed by atoms with Gasteiger partial charge in [0, 0.05) is 25.2 Å². The van der Waals surface area contributed by atoms with Crippen LogP contribution in [0, 0.1) is 11.3 Å². The molecule has 1 aliphatic heterocycles. The highest BCUT2D eigenvalue weighted by Crippen LogP contribution is 2.52. The number of aliphatic hydroxyl groups is 1. The molecule has 4 heteroatoms. The van der Waals surface area contributed by atoms with Crippen LogP contribution in [0.2, 0.25) is 0 Å². The fourth-order valence-corrected chi connectivity index (χ4v) is 4.99. The van der Waals surface area contributed by atoms with Gasteiger partial charge in [-0.1, -0.05) is 36.3 Å². The average Bonchev–Trinajstić information content (AvgIpc) is 2.81. The maximum Gasteiger partial charge on any atom is 0.205 e. The molecule has 0 spiro atoms. The van der Waals surface area contributed by atoms with Gasteiger partial charge in [0.1, 0.15) is 0 Å². The third-order valence-corrected chi connectivity index (χ3v) is 7.29. The molecule has 0 unspecified atom stereocenters. The molecule has 3 rings (SSSR count). The van der Waals surface area contributed by atoms with Crippen LogP contribution in [0.15, 0.2) is 46.3 Å². The van der Waals surface area contributed by atoms with Crippen molar-refractivity contribution in [3.05, 3.63) is 46.3 Å². The van der Waals surface area contributed by atoms with E-state index >= 15 is 0 Å². The predicted molar refractivity (Wildman–Crippen MR) is 124 cm³/mol. The van der Waals surface area contributed by atoms with Crippen molar-refractivity contribution in [1.82, 2.24) is 0 Å². The van der Waals surface area contributed by atoms with Crippen LogP contribution in [0.4, 0.5) is 0 Å². The molecule has 31 heavy (non-hydrogen) atoms. The van der Waals surface area contributed by atoms with Crippen molar-refractivity contribution in [2.24, 2.45) is 11.3 Å². The highest BCUT2D eigenvalue weighted by Gasteiger charge is 2.52. The summed E-state index contributed by atoms with van der Waals surface area (Å²) in [6.07, 6.45) is 12.0. The molecule has 1 N–H and O–H groups in total. The summed E-state index contributed by atoms with van der Waals surface area (Å²) in [4.78, 5) is 13.7. The van der Waals surface area contributed by atoms with E-state index in [2.05, 4.69) is 39.0 Å². The second kappa shape index (κ2) is 9.46. The minimum atomic E-state index is -0.794. The maximum absolute atomic E-state index is 13.7. The molecule has 0 aromatic carbocycles. The number of ketones is 1. The van der Waals surface area contributed by atoms with Gasteiger partial charge in [-0.2, -0.15) is 0 Å². The molecule has 0 bridgehead atoms. The first kappa shape index (κ1) is 24.0. The fraction of sp³-hybridized carbons (Fsp3) is 0.667. The molecule has 0 amide bonds. The van der Waals surface area contributed by atoms with Gasteiger partial charge >= 0.3 is 0 Å². The van der Waals surface area contributed by atoms with Crippen molar-refractivity contribution >= 4 is 5.78 Å². The van der Waals surface area contributed by atoms with Crippen molar-refractivity contribution in [1.29, 1.82) is 0 Å². The first-order valence-corrected chi connectivity index (χ1v) is 11.8. The molecule has 3 atom stereocenters. The Morgan fingerprint density at radius 2 is 1.71 bits per heavy atom. The Hall–Kier alpha value is -1.65. The van der Waals surface area contributed by atoms with Gasteiger partial charge < -0.3 is 14.6 Å². The summed E-state index contributed by atoms with van der Waals surface area (Å²) in [5.74, 6) is -0.116. The Bertz CT molecular complexity index is 826. The van der Waals surface area contributed by atoms with Crippen LogP contribution in [0.1, 0.15) is 86.5 Å². The number of allylic oxidation sites excluding steroid dienone is 6. The number of aliphatic hydroxyl groups excluding tert-OH is 1. The minimum absolute atomic E-state index is 0.0590. The number of Topliss-reactive ketones (excluding diaryl/α,β-unsaturated/α-hetero) is 1. The molecule has 1 heterocycles. The minimum Gasteiger partial charge on any atom is -0.459 e. The lowest BCUT2D eigenvalue weighted by molar-refractivity contribution is -0.188. The van der Waals surface area contributed by atoms with Gasteiger partial charge in [-0.3, -0.25) is 4.79 Å². The molecule has 0 saturated heterocycles. The van der Waals surface area contributed by atoms with Crippen LogP contribution >= 0.6 is 0 Å². The SMILES string of the molecule is C/C1=C\C[C@]2(C)C(=O)C3=C(CCOC(C)(C)O3)[C@H]2C/C=C(\C)[C@@H](O)CC/C(C)=C/CC1. The second-order valence-electron chi connectivity index (χ2n) is 10.3. The van der Waals surface area contributed by atoms with Crippen LogP contribution in [0.3, 0.4) is 0 Å². The lowest BCUT2D eigenvalue weighted by Gasteiger charge is -2.32. The predicted octanol–water partition coefficient (Wildman–Crippen LogP) is 6.17. The monoisotopic (exact) mass is 428 g/mol. The molecule has 0 fully saturated rings. The van der Waals surface area contributed by atoms with Crippen LogP contribution in [-0.2, 0) is 14.3 Å². The third kappa shape index (κ3) is 5.40. The summed E-state index contributed by atoms with van der Waals surface area (Å²) in [6, 6.07) is 0. The zero-order chi connectivity index (χ0) is 22.8. The van der Waals surface area contributed by atoms with E-state index in [9.17, 15) is 9.90 Å². The molecule has 172 valence electrons. The Morgan fingerprint density at radius 1 is 1.00 bits per heavy atom. The Kier molecular flexibility index (Phi) is 7.32. The Labute approximate surface area is 188 Å². The van der Waals surface area contributed by atoms with Crippen molar-refractivity contribution < 1.29 is 19.4 Å². The topological polar surface area (TPSA) is 55.8 Å². The molecular weight excluding hydrogens is 388 g/mol. The van der Waals surface area contributed by atoms with E-state index in [0.717, 1.165) is 43.3 Å². The zero-order valence-electron chi connectivity index (χ0n) is 20.2. The van der Waals surface area contributed by atoms with E-state index in [-0.39, 0.29) is 11.7 Å². The normalized spacial score (nSPS) is 38.0. The Balaban J connectivity index is 1.99. The van der Waals surface area contributed by atoms with E-state index in [1.165, 1.54) is 11.1 Å². The smallest absolute Gasteiger partial charge is 0.205 e. The summed E-state index contributed by atoms with van der Waals surface area (Å²) >= 11 is 0. The van der Waals surface area contributed by atoms with Crippen molar-refractivity contribution in [2.45, 2.75) is 98.4 Å². The number of carbonyl (C=O) groups excluding carboxylic acids is 1. The van der Waals surface area contributed by atoms with E-state index in [1.807, 2.05) is 20.8 Å². The molecule has 2 aliphatic carbocycles. The molecule has 0 radical (unpaired) electrons. The van der Waals surface area contributed by atoms with Gasteiger partial charge in [0.05, 0.1) is 12.7 Å². The largest absolute Gasteiger partial charge is 0.459 e. The number of hydrogen-bond acceptors (Lipinski definition) is 4. The van der Waals surface area contributed by atoms with Gasteiger partial charge in [0.15, 0.2) is 5.76 Å². The standard InChI is InChI=1S/C27H40O4/c1-18-8-7-9-19(2)14-16-27(6)22(12-11-20(3)23(28)13-10-18)21-15-17-30-26(4,5)31-24(21)25(27)29/h8,11,14,22-23,28H,7,9-10,12-13,15-17H2,1-6H3/b18-8+,19-14+,20-11+/t22-,23+,27+/m1/s1. The van der Waals surface area contributed by atoms with E-state index in [0.29, 0.717) is 25.2 Å². The quantitative estimate of drug-likeness (QED) is 0.469. The summed E-state index contributed by atoms with van der Waals surface area (Å²) in [6.45, 7) is 12.7. The van der Waals surface area contributed by atoms with Crippen molar-refractivity contribution in [3.8, 4) is 0 Å². The van der Waals surface area contributed by atoms with Crippen molar-refractivity contribution in [2.75, 3.05) is 6.61 Å². The molecule has 4 nitrogen and oxygen atoms in total. The third-order valence-electron chi connectivity index (χ3n) is 7.29. The fourth-order valence-electron chi connectivity index (χ4n) is 4.99. The first-order valence-electron chi connectivity index (χ1n) is 11.8. The zero-order valence-corrected chi connectivity index (χ0v) is 20.2. The van der Waals surface area contributed by atoms with Crippen LogP contribution < -0.4 is 0 Å². The highest BCUT2D eigenvalue weighted by atomic mass is 16.7. The molecular formula is C27H40O4. The van der Waals surface area contributed by atoms with Gasteiger partial charge in [0.2, 0.25) is 11.6 Å². The van der Waals surface area contributed by atoms with Crippen LogP contribution in [0.25, 0.3) is 0 Å². The van der Waals surface area contributed by atoms with E-state index in [1.54, 1.807) is 0 Å². The second-order valence-corrected chi connectivity index (χ2v) is 10.3. The molecule has 0 aromatic rings.